The summed E-state index contributed by atoms with van der Waals surface area (Å²) in [6, 6.07) is 13.8. The number of aromatic nitrogens is 1. The minimum Gasteiger partial charge on any atom is -0.508 e. The van der Waals surface area contributed by atoms with Crippen molar-refractivity contribution in [1.29, 1.82) is 0 Å². The van der Waals surface area contributed by atoms with Gasteiger partial charge in [-0.05, 0) is 71.8 Å². The van der Waals surface area contributed by atoms with Crippen molar-refractivity contribution in [2.24, 2.45) is 11.5 Å². The molecular weight excluding hydrogens is 1190 g/mol. The molecule has 0 fully saturated rings. The van der Waals surface area contributed by atoms with Gasteiger partial charge in [-0.1, -0.05) is 112 Å². The normalized spacial score (nSPS) is 13.9. The number of aromatic hydroxyl groups is 1. The zero-order chi connectivity index (χ0) is 66.1. The second-order valence-corrected chi connectivity index (χ2v) is 22.2. The molecule has 5 rings (SSSR count). The molecule has 90 heavy (non-hydrogen) atoms. The lowest BCUT2D eigenvalue weighted by molar-refractivity contribution is -0.142. The van der Waals surface area contributed by atoms with Gasteiger partial charge >= 0.3 is 22.3 Å². The van der Waals surface area contributed by atoms with Crippen molar-refractivity contribution in [3.8, 4) is 11.5 Å². The number of primary amides is 1. The van der Waals surface area contributed by atoms with Crippen LogP contribution in [0, 0.1) is 0 Å². The Morgan fingerprint density at radius 3 is 1.52 bits per heavy atom. The Kier molecular flexibility index (Phi) is 27.2. The van der Waals surface area contributed by atoms with Crippen LogP contribution in [-0.4, -0.2) is 153 Å². The summed E-state index contributed by atoms with van der Waals surface area (Å²) < 4.78 is 36.4. The van der Waals surface area contributed by atoms with Crippen molar-refractivity contribution in [3.05, 3.63) is 132 Å². The third-order valence-electron chi connectivity index (χ3n) is 14.0. The van der Waals surface area contributed by atoms with Crippen molar-refractivity contribution in [1.82, 2.24) is 47.5 Å². The highest BCUT2D eigenvalue weighted by Gasteiger charge is 2.35. The number of nitrogens with one attached hydrogen (secondary N) is 9. The van der Waals surface area contributed by atoms with Gasteiger partial charge in [0.05, 0.1) is 25.4 Å². The van der Waals surface area contributed by atoms with Gasteiger partial charge in [-0.3, -0.25) is 57.3 Å². The van der Waals surface area contributed by atoms with Gasteiger partial charge in [0.15, 0.2) is 0 Å². The van der Waals surface area contributed by atoms with Crippen LogP contribution in [0.2, 0.25) is 0 Å². The summed E-state index contributed by atoms with van der Waals surface area (Å²) in [6.07, 6.45) is 0.512. The molecule has 30 heteroatoms. The maximum absolute atomic E-state index is 14.5. The minimum atomic E-state index is -4.95. The molecule has 0 unspecified atom stereocenters. The predicted molar refractivity (Wildman–Crippen MR) is 324 cm³/mol. The van der Waals surface area contributed by atoms with E-state index in [9.17, 15) is 81.0 Å². The predicted octanol–water partition coefficient (Wildman–Crippen LogP) is -0.0221. The molecule has 9 amide bonds. The number of fused-ring (bicyclic) bond motifs is 1. The van der Waals surface area contributed by atoms with Crippen LogP contribution < -0.4 is 58.2 Å². The minimum absolute atomic E-state index is 0.0257. The van der Waals surface area contributed by atoms with Crippen LogP contribution in [0.4, 0.5) is 0 Å². The Bertz CT molecular complexity index is 3440. The number of nitrogens with two attached hydrogens (primary N) is 2. The summed E-state index contributed by atoms with van der Waals surface area (Å²) in [4.78, 5) is 152. The smallest absolute Gasteiger partial charge is 0.446 e. The Hall–Kier alpha value is -9.94. The molecule has 0 aliphatic rings. The number of hydrogen-bond acceptors (Lipinski definition) is 16. The molecule has 0 radical (unpaired) electrons. The number of aliphatic carboxylic acids is 2. The number of carboxylic acids is 2. The van der Waals surface area contributed by atoms with Crippen LogP contribution in [-0.2, 0) is 88.8 Å². The summed E-state index contributed by atoms with van der Waals surface area (Å²) in [5, 5.41) is 49.7. The number of benzene rings is 4. The molecule has 484 valence electrons. The first-order chi connectivity index (χ1) is 42.7. The lowest BCUT2D eigenvalue weighted by Crippen LogP contribution is -2.59. The number of carboxylic acid groups (broad SMARTS) is 2. The summed E-state index contributed by atoms with van der Waals surface area (Å²) in [7, 11) is -4.95. The van der Waals surface area contributed by atoms with Gasteiger partial charge in [-0.2, -0.15) is 8.42 Å². The Labute approximate surface area is 517 Å². The van der Waals surface area contributed by atoms with Gasteiger partial charge in [0.2, 0.25) is 53.2 Å². The van der Waals surface area contributed by atoms with Crippen LogP contribution in [0.25, 0.3) is 10.9 Å². The fourth-order valence-electron chi connectivity index (χ4n) is 9.33. The molecule has 29 nitrogen and oxygen atoms in total. The molecule has 0 spiro atoms. The summed E-state index contributed by atoms with van der Waals surface area (Å²) >= 11 is 0. The average molecular weight is 1270 g/mol. The highest BCUT2D eigenvalue weighted by atomic mass is 32.3. The Balaban J connectivity index is 1.35. The van der Waals surface area contributed by atoms with E-state index in [1.807, 2.05) is 0 Å². The summed E-state index contributed by atoms with van der Waals surface area (Å²) in [5.41, 5.74) is 14.3. The van der Waals surface area contributed by atoms with Gasteiger partial charge in [0.1, 0.15) is 53.8 Å². The highest BCUT2D eigenvalue weighted by Crippen LogP contribution is 2.21. The fourth-order valence-corrected chi connectivity index (χ4v) is 9.68. The molecule has 4 aromatic carbocycles. The van der Waals surface area contributed by atoms with E-state index in [1.54, 1.807) is 74.6 Å². The number of H-pyrrole nitrogens is 1. The largest absolute Gasteiger partial charge is 0.508 e. The molecular formula is C60H75N11O18S. The Morgan fingerprint density at radius 1 is 0.522 bits per heavy atom. The van der Waals surface area contributed by atoms with E-state index >= 15 is 0 Å². The van der Waals surface area contributed by atoms with Crippen molar-refractivity contribution in [2.45, 2.75) is 139 Å². The zero-order valence-corrected chi connectivity index (χ0v) is 50.1. The molecule has 0 saturated carbocycles. The molecule has 1 aromatic heterocycles. The van der Waals surface area contributed by atoms with Gasteiger partial charge in [0.25, 0.3) is 0 Å². The van der Waals surface area contributed by atoms with E-state index in [0.717, 1.165) is 12.1 Å². The van der Waals surface area contributed by atoms with Gasteiger partial charge < -0.3 is 78.5 Å². The van der Waals surface area contributed by atoms with E-state index in [0.29, 0.717) is 53.3 Å². The second-order valence-electron chi connectivity index (χ2n) is 21.2. The van der Waals surface area contributed by atoms with Crippen LogP contribution in [0.5, 0.6) is 11.5 Å². The first-order valence-electron chi connectivity index (χ1n) is 28.7. The maximum Gasteiger partial charge on any atom is 0.446 e. The standard InChI is InChI=1S/C60H75N11O18S/c1-3-5-15-43(66-57(82)46(28-36-20-24-39(25-21-36)89-90(86,87)88)70-60(85)48(30-51(74)75)69-54(79)41(61)26-35-18-22-38(72)23-19-35)55(80)64-33-50(73)65-47(29-37-32-63-42-17-11-10-14-40(37)42)58(83)67-44(16-6-4-2)56(81)71-49(31-52(76)77)59(84)68-45(53(62)78)27-34-12-8-7-9-13-34/h7-14,17-25,32,41,43-49,63,72H,3-6,15-16,26-31,33,61H2,1-2H3,(H2,62,78)(H,64,80)(H,65,73)(H,66,82)(H,67,83)(H,68,84)(H,69,79)(H,70,85)(H,71,81)(H,74,75)(H,76,77)(H,86,87,88)/t41-,43+,44+,45+,46+,47+,48+,49+/m1/s1. The number of carbonyl (C=O) groups excluding carboxylic acids is 9. The van der Waals surface area contributed by atoms with E-state index < -0.39 is 150 Å². The van der Waals surface area contributed by atoms with Crippen LogP contribution in [0.3, 0.4) is 0 Å². The number of rotatable bonds is 37. The number of phenols is 1. The third kappa shape index (κ3) is 23.6. The van der Waals surface area contributed by atoms with E-state index in [2.05, 4.69) is 51.7 Å². The number of para-hydroxylation sites is 1. The number of amides is 9. The topological polar surface area (TPSA) is 476 Å². The third-order valence-corrected chi connectivity index (χ3v) is 14.4. The number of unbranched alkanes of at least 4 members (excludes halogenated alkanes) is 2. The maximum atomic E-state index is 14.5. The summed E-state index contributed by atoms with van der Waals surface area (Å²) in [6.45, 7) is 2.78. The molecule has 17 N–H and O–H groups in total. The van der Waals surface area contributed by atoms with Crippen molar-refractivity contribution in [2.75, 3.05) is 6.54 Å². The lowest BCUT2D eigenvalue weighted by Gasteiger charge is -2.26. The van der Waals surface area contributed by atoms with E-state index in [1.165, 1.54) is 36.4 Å². The van der Waals surface area contributed by atoms with Gasteiger partial charge in [-0.15, -0.1) is 0 Å². The summed E-state index contributed by atoms with van der Waals surface area (Å²) in [5.74, 6) is -12.3. The molecule has 5 aromatic rings. The number of carbonyl (C=O) groups is 11. The molecule has 0 aliphatic carbocycles. The molecule has 1 heterocycles. The van der Waals surface area contributed by atoms with Gasteiger partial charge in [0, 0.05) is 36.4 Å². The van der Waals surface area contributed by atoms with Crippen molar-refractivity contribution in [3.63, 3.8) is 0 Å². The fraction of sp³-hybridized carbons (Fsp3) is 0.383. The molecule has 0 saturated heterocycles. The zero-order valence-electron chi connectivity index (χ0n) is 49.3. The Morgan fingerprint density at radius 2 is 0.967 bits per heavy atom. The SMILES string of the molecule is CCCC[C@H](NC(=O)[C@H](Cc1ccc(OS(=O)(=O)O)cc1)NC(=O)[C@H](CC(=O)O)NC(=O)[C@H](N)Cc1ccc(O)cc1)C(=O)NCC(=O)N[C@@H](Cc1c[nH]c2ccccc12)C(=O)N[C@@H](CCCC)C(=O)N[C@@H](CC(=O)O)C(=O)N[C@@H](Cc1ccccc1)C(N)=O. The highest BCUT2D eigenvalue weighted by molar-refractivity contribution is 7.81. The van der Waals surface area contributed by atoms with E-state index in [4.69, 9.17) is 11.5 Å². The number of hydrogen-bond donors (Lipinski definition) is 15. The van der Waals surface area contributed by atoms with Crippen molar-refractivity contribution < 1.29 is 85.2 Å². The molecule has 8 atom stereocenters. The first kappa shape index (κ1) is 70.8. The van der Waals surface area contributed by atoms with E-state index in [-0.39, 0.29) is 49.2 Å². The quantitative estimate of drug-likeness (QED) is 0.0232. The number of aromatic amines is 1. The number of phenolic OH excluding ortho intramolecular Hbond substituents is 1. The first-order valence-corrected chi connectivity index (χ1v) is 30.1. The van der Waals surface area contributed by atoms with Crippen LogP contribution in [0.15, 0.2) is 109 Å². The second kappa shape index (κ2) is 34.6. The average Bonchev–Trinajstić information content (AvgIpc) is 1.70. The van der Waals surface area contributed by atoms with Crippen LogP contribution >= 0.6 is 0 Å². The van der Waals surface area contributed by atoms with Crippen molar-refractivity contribution >= 4 is 86.4 Å². The molecule has 0 bridgehead atoms. The van der Waals surface area contributed by atoms with Crippen LogP contribution in [0.1, 0.15) is 87.5 Å². The monoisotopic (exact) mass is 1270 g/mol. The van der Waals surface area contributed by atoms with Gasteiger partial charge in [-0.25, -0.2) is 0 Å². The lowest BCUT2D eigenvalue weighted by atomic mass is 10.0. The molecule has 0 aliphatic heterocycles.